The zero-order chi connectivity index (χ0) is 16.3. The lowest BCUT2D eigenvalue weighted by atomic mass is 10.2. The molecule has 0 fully saturated rings. The molecule has 116 valence electrons. The number of nitrogens with zero attached hydrogens (tertiary/aromatic N) is 2. The third kappa shape index (κ3) is 2.96. The Morgan fingerprint density at radius 3 is 2.45 bits per heavy atom. The topological polar surface area (TPSA) is 96.3 Å². The van der Waals surface area contributed by atoms with Gasteiger partial charge in [0.2, 0.25) is 0 Å². The van der Waals surface area contributed by atoms with Crippen molar-refractivity contribution in [2.24, 2.45) is 5.73 Å². The van der Waals surface area contributed by atoms with Gasteiger partial charge in [-0.3, -0.25) is 14.2 Å². The van der Waals surface area contributed by atoms with E-state index in [4.69, 9.17) is 10.5 Å². The van der Waals surface area contributed by atoms with Crippen LogP contribution in [0.2, 0.25) is 0 Å². The van der Waals surface area contributed by atoms with Gasteiger partial charge < -0.3 is 10.5 Å². The van der Waals surface area contributed by atoms with Crippen LogP contribution in [-0.4, -0.2) is 28.8 Å². The van der Waals surface area contributed by atoms with Crippen LogP contribution in [0.25, 0.3) is 5.69 Å². The van der Waals surface area contributed by atoms with Gasteiger partial charge in [-0.25, -0.2) is 13.8 Å². The standard InChI is InChI=1S/C14H14FN3O4/c1-22-7-6-17-8-11(12(16)19)13(20)18(14(17)21)10-4-2-9(15)3-5-10/h2-5,8H,6-7H2,1H3,(H2,16,19). The number of carbonyl (C=O) groups is 1. The van der Waals surface area contributed by atoms with Crippen molar-refractivity contribution in [3.8, 4) is 5.69 Å². The molecule has 0 aliphatic carbocycles. The van der Waals surface area contributed by atoms with E-state index < -0.39 is 23.0 Å². The second-order valence-electron chi connectivity index (χ2n) is 4.49. The maximum Gasteiger partial charge on any atom is 0.335 e. The quantitative estimate of drug-likeness (QED) is 0.833. The number of ether oxygens (including phenoxy) is 1. The zero-order valence-electron chi connectivity index (χ0n) is 11.8. The van der Waals surface area contributed by atoms with Gasteiger partial charge in [0.05, 0.1) is 18.8 Å². The molecule has 0 spiro atoms. The fourth-order valence-electron chi connectivity index (χ4n) is 1.94. The molecule has 1 amide bonds. The number of benzene rings is 1. The first-order valence-corrected chi connectivity index (χ1v) is 6.37. The molecule has 0 bridgehead atoms. The van der Waals surface area contributed by atoms with Gasteiger partial charge in [-0.2, -0.15) is 0 Å². The molecule has 0 saturated carbocycles. The average Bonchev–Trinajstić information content (AvgIpc) is 2.48. The number of carbonyl (C=O) groups excluding carboxylic acids is 1. The van der Waals surface area contributed by atoms with Gasteiger partial charge in [-0.15, -0.1) is 0 Å². The highest BCUT2D eigenvalue weighted by molar-refractivity contribution is 5.92. The van der Waals surface area contributed by atoms with Crippen molar-refractivity contribution in [3.05, 3.63) is 62.7 Å². The van der Waals surface area contributed by atoms with E-state index in [-0.39, 0.29) is 24.4 Å². The van der Waals surface area contributed by atoms with E-state index in [1.807, 2.05) is 0 Å². The lowest BCUT2D eigenvalue weighted by Gasteiger charge is -2.11. The summed E-state index contributed by atoms with van der Waals surface area (Å²) in [6.07, 6.45) is 1.10. The molecular formula is C14H14FN3O4. The Kier molecular flexibility index (Phi) is 4.52. The minimum Gasteiger partial charge on any atom is -0.383 e. The number of amides is 1. The van der Waals surface area contributed by atoms with Gasteiger partial charge in [0.25, 0.3) is 11.5 Å². The number of aromatic nitrogens is 2. The minimum atomic E-state index is -0.952. The smallest absolute Gasteiger partial charge is 0.335 e. The van der Waals surface area contributed by atoms with Crippen LogP contribution in [0.4, 0.5) is 4.39 Å². The maximum atomic E-state index is 13.0. The fourth-order valence-corrected chi connectivity index (χ4v) is 1.94. The highest BCUT2D eigenvalue weighted by Gasteiger charge is 2.16. The minimum absolute atomic E-state index is 0.136. The fraction of sp³-hybridized carbons (Fsp3) is 0.214. The molecule has 0 aliphatic heterocycles. The number of rotatable bonds is 5. The number of methoxy groups -OCH3 is 1. The number of hydrogen-bond acceptors (Lipinski definition) is 4. The van der Waals surface area contributed by atoms with E-state index in [2.05, 4.69) is 0 Å². The van der Waals surface area contributed by atoms with E-state index in [0.717, 1.165) is 27.5 Å². The van der Waals surface area contributed by atoms with E-state index in [1.165, 1.54) is 19.2 Å². The molecule has 1 aromatic heterocycles. The summed E-state index contributed by atoms with van der Waals surface area (Å²) in [5.41, 5.74) is 3.47. The van der Waals surface area contributed by atoms with Gasteiger partial charge in [0.1, 0.15) is 11.4 Å². The first-order valence-electron chi connectivity index (χ1n) is 6.37. The van der Waals surface area contributed by atoms with Crippen molar-refractivity contribution < 1.29 is 13.9 Å². The SMILES string of the molecule is COCCn1cc(C(N)=O)c(=O)n(-c2ccc(F)cc2)c1=O. The summed E-state index contributed by atoms with van der Waals surface area (Å²) in [7, 11) is 1.45. The molecule has 0 aliphatic rings. The summed E-state index contributed by atoms with van der Waals surface area (Å²) in [6.45, 7) is 0.344. The number of hydrogen-bond donors (Lipinski definition) is 1. The average molecular weight is 307 g/mol. The van der Waals surface area contributed by atoms with Crippen molar-refractivity contribution in [1.82, 2.24) is 9.13 Å². The molecule has 1 heterocycles. The van der Waals surface area contributed by atoms with Gasteiger partial charge >= 0.3 is 5.69 Å². The van der Waals surface area contributed by atoms with Crippen LogP contribution in [0.3, 0.4) is 0 Å². The first-order chi connectivity index (χ1) is 10.5. The van der Waals surface area contributed by atoms with Crippen molar-refractivity contribution >= 4 is 5.91 Å². The van der Waals surface area contributed by atoms with Crippen LogP contribution in [-0.2, 0) is 11.3 Å². The summed E-state index contributed by atoms with van der Waals surface area (Å²) in [5, 5.41) is 0. The van der Waals surface area contributed by atoms with Crippen molar-refractivity contribution in [3.63, 3.8) is 0 Å². The third-order valence-corrected chi connectivity index (χ3v) is 3.04. The van der Waals surface area contributed by atoms with E-state index in [9.17, 15) is 18.8 Å². The van der Waals surface area contributed by atoms with Crippen LogP contribution < -0.4 is 17.0 Å². The molecule has 8 heteroatoms. The van der Waals surface area contributed by atoms with Crippen molar-refractivity contribution in [1.29, 1.82) is 0 Å². The summed E-state index contributed by atoms with van der Waals surface area (Å²) >= 11 is 0. The molecule has 0 atom stereocenters. The molecule has 1 aromatic carbocycles. The highest BCUT2D eigenvalue weighted by Crippen LogP contribution is 2.05. The van der Waals surface area contributed by atoms with Crippen LogP contribution in [0.5, 0.6) is 0 Å². The number of halogens is 1. The Labute approximate surface area is 124 Å². The summed E-state index contributed by atoms with van der Waals surface area (Å²) in [4.78, 5) is 36.0. The summed E-state index contributed by atoms with van der Waals surface area (Å²) in [6, 6.07) is 4.75. The number of primary amides is 1. The molecular weight excluding hydrogens is 293 g/mol. The summed E-state index contributed by atoms with van der Waals surface area (Å²) < 4.78 is 19.8. The molecule has 0 saturated heterocycles. The van der Waals surface area contributed by atoms with Crippen LogP contribution in [0, 0.1) is 5.82 Å². The maximum absolute atomic E-state index is 13.0. The van der Waals surface area contributed by atoms with E-state index >= 15 is 0 Å². The normalized spacial score (nSPS) is 10.6. The Hall–Kier alpha value is -2.74. The highest BCUT2D eigenvalue weighted by atomic mass is 19.1. The van der Waals surface area contributed by atoms with Crippen molar-refractivity contribution in [2.45, 2.75) is 6.54 Å². The molecule has 7 nitrogen and oxygen atoms in total. The van der Waals surface area contributed by atoms with Gasteiger partial charge in [0.15, 0.2) is 0 Å². The zero-order valence-corrected chi connectivity index (χ0v) is 11.8. The Bertz CT molecular complexity index is 808. The third-order valence-electron chi connectivity index (χ3n) is 3.04. The second-order valence-corrected chi connectivity index (χ2v) is 4.49. The Morgan fingerprint density at radius 2 is 1.91 bits per heavy atom. The lowest BCUT2D eigenvalue weighted by molar-refractivity contribution is 0.0997. The molecule has 2 aromatic rings. The molecule has 0 unspecified atom stereocenters. The molecule has 2 rings (SSSR count). The van der Waals surface area contributed by atoms with Gasteiger partial charge in [-0.1, -0.05) is 0 Å². The number of nitrogens with two attached hydrogens (primary N) is 1. The Balaban J connectivity index is 2.72. The Morgan fingerprint density at radius 1 is 1.27 bits per heavy atom. The monoisotopic (exact) mass is 307 g/mol. The molecule has 22 heavy (non-hydrogen) atoms. The predicted molar refractivity (Wildman–Crippen MR) is 76.7 cm³/mol. The van der Waals surface area contributed by atoms with Gasteiger partial charge in [0, 0.05) is 13.3 Å². The molecule has 0 radical (unpaired) electrons. The summed E-state index contributed by atoms with van der Waals surface area (Å²) in [5.74, 6) is -1.46. The van der Waals surface area contributed by atoms with Gasteiger partial charge in [-0.05, 0) is 24.3 Å². The second kappa shape index (κ2) is 6.35. The van der Waals surface area contributed by atoms with E-state index in [1.54, 1.807) is 0 Å². The van der Waals surface area contributed by atoms with E-state index in [0.29, 0.717) is 0 Å². The largest absolute Gasteiger partial charge is 0.383 e. The predicted octanol–water partition coefficient (Wildman–Crippen LogP) is -0.116. The van der Waals surface area contributed by atoms with Crippen LogP contribution >= 0.6 is 0 Å². The van der Waals surface area contributed by atoms with Crippen LogP contribution in [0.15, 0.2) is 40.1 Å². The van der Waals surface area contributed by atoms with Crippen LogP contribution in [0.1, 0.15) is 10.4 Å². The van der Waals surface area contributed by atoms with Crippen molar-refractivity contribution in [2.75, 3.05) is 13.7 Å². The first kappa shape index (κ1) is 15.6. The lowest BCUT2D eigenvalue weighted by Crippen LogP contribution is -2.42. The molecule has 2 N–H and O–H groups in total.